The van der Waals surface area contributed by atoms with E-state index in [-0.39, 0.29) is 0 Å². The summed E-state index contributed by atoms with van der Waals surface area (Å²) in [5, 5.41) is 10.5. The van der Waals surface area contributed by atoms with Gasteiger partial charge in [0.1, 0.15) is 5.00 Å². The van der Waals surface area contributed by atoms with E-state index in [1.54, 1.807) is 11.3 Å². The Morgan fingerprint density at radius 1 is 1.45 bits per heavy atom. The zero-order chi connectivity index (χ0) is 7.31. The third-order valence-electron chi connectivity index (χ3n) is 2.51. The summed E-state index contributed by atoms with van der Waals surface area (Å²) in [4.78, 5) is 0. The van der Waals surface area contributed by atoms with Crippen LogP contribution in [0.25, 0.3) is 0 Å². The van der Waals surface area contributed by atoms with Gasteiger partial charge in [-0.15, -0.1) is 11.3 Å². The van der Waals surface area contributed by atoms with Crippen molar-refractivity contribution in [1.29, 1.82) is 0 Å². The van der Waals surface area contributed by atoms with Crippen LogP contribution < -0.4 is 10.6 Å². The predicted octanol–water partition coefficient (Wildman–Crippen LogP) is 2.12. The molecular weight excluding hydrogens is 156 g/mol. The zero-order valence-corrected chi connectivity index (χ0v) is 7.00. The molecule has 0 amide bonds. The Hall–Kier alpha value is -0.700. The maximum Gasteiger partial charge on any atom is 0.112 e. The first-order valence-corrected chi connectivity index (χ1v) is 4.86. The molecule has 2 nitrogen and oxygen atoms in total. The van der Waals surface area contributed by atoms with Gasteiger partial charge in [-0.05, 0) is 24.3 Å². The maximum atomic E-state index is 3.58. The minimum Gasteiger partial charge on any atom is -0.375 e. The quantitative estimate of drug-likeness (QED) is 0.617. The van der Waals surface area contributed by atoms with E-state index in [0.29, 0.717) is 5.54 Å². The molecule has 11 heavy (non-hydrogen) atoms. The Morgan fingerprint density at radius 2 is 2.36 bits per heavy atom. The maximum absolute atomic E-state index is 3.58. The highest BCUT2D eigenvalue weighted by atomic mass is 32.1. The highest BCUT2D eigenvalue weighted by molar-refractivity contribution is 7.14. The van der Waals surface area contributed by atoms with Crippen molar-refractivity contribution in [2.75, 3.05) is 17.2 Å². The molecule has 0 aromatic carbocycles. The lowest BCUT2D eigenvalue weighted by Crippen LogP contribution is -2.33. The van der Waals surface area contributed by atoms with Crippen LogP contribution in [0.1, 0.15) is 12.8 Å². The summed E-state index contributed by atoms with van der Waals surface area (Å²) < 4.78 is 0. The van der Waals surface area contributed by atoms with Crippen LogP contribution in [0.15, 0.2) is 11.4 Å². The summed E-state index contributed by atoms with van der Waals surface area (Å²) in [5.74, 6) is 0. The SMILES string of the molecule is c1cc2c(s1)NCC1(CC1)N2. The number of rotatable bonds is 0. The van der Waals surface area contributed by atoms with Crippen LogP contribution in [0.3, 0.4) is 0 Å². The first kappa shape index (κ1) is 5.89. The van der Waals surface area contributed by atoms with E-state index < -0.39 is 0 Å². The van der Waals surface area contributed by atoms with E-state index in [9.17, 15) is 0 Å². The highest BCUT2D eigenvalue weighted by Gasteiger charge is 2.44. The van der Waals surface area contributed by atoms with E-state index in [0.717, 1.165) is 6.54 Å². The summed E-state index contributed by atoms with van der Waals surface area (Å²) in [5.41, 5.74) is 1.74. The van der Waals surface area contributed by atoms with Crippen molar-refractivity contribution in [3.63, 3.8) is 0 Å². The van der Waals surface area contributed by atoms with Gasteiger partial charge in [-0.25, -0.2) is 0 Å². The second-order valence-corrected chi connectivity index (χ2v) is 4.34. The van der Waals surface area contributed by atoms with Gasteiger partial charge in [0.2, 0.25) is 0 Å². The van der Waals surface area contributed by atoms with Gasteiger partial charge in [-0.2, -0.15) is 0 Å². The van der Waals surface area contributed by atoms with Gasteiger partial charge in [-0.3, -0.25) is 0 Å². The lowest BCUT2D eigenvalue weighted by atomic mass is 10.2. The van der Waals surface area contributed by atoms with Crippen molar-refractivity contribution in [2.24, 2.45) is 0 Å². The summed E-state index contributed by atoms with van der Waals surface area (Å²) >= 11 is 1.78. The Kier molecular flexibility index (Phi) is 0.921. The van der Waals surface area contributed by atoms with Gasteiger partial charge in [0.05, 0.1) is 11.2 Å². The highest BCUT2D eigenvalue weighted by Crippen LogP contribution is 2.45. The molecule has 2 heterocycles. The summed E-state index contributed by atoms with van der Waals surface area (Å²) in [6.45, 7) is 1.11. The standard InChI is InChI=1S/C8H10N2S/c1-4-11-7-6(1)10-8(2-3-8)5-9-7/h1,4,9-10H,2-3,5H2. The molecule has 1 fully saturated rings. The molecule has 0 unspecified atom stereocenters. The van der Waals surface area contributed by atoms with Gasteiger partial charge in [0.15, 0.2) is 0 Å². The Bertz CT molecular complexity index is 288. The summed E-state index contributed by atoms with van der Waals surface area (Å²) in [6.07, 6.45) is 2.66. The molecule has 0 saturated heterocycles. The molecule has 0 atom stereocenters. The third kappa shape index (κ3) is 0.774. The number of thiophene rings is 1. The molecule has 58 valence electrons. The molecule has 1 spiro atoms. The first-order chi connectivity index (χ1) is 5.38. The van der Waals surface area contributed by atoms with Gasteiger partial charge >= 0.3 is 0 Å². The zero-order valence-electron chi connectivity index (χ0n) is 6.18. The normalized spacial score (nSPS) is 23.6. The molecule has 2 N–H and O–H groups in total. The monoisotopic (exact) mass is 166 g/mol. The van der Waals surface area contributed by atoms with Crippen LogP contribution in [-0.2, 0) is 0 Å². The number of fused-ring (bicyclic) bond motifs is 1. The molecule has 1 aliphatic heterocycles. The van der Waals surface area contributed by atoms with E-state index in [1.807, 2.05) is 0 Å². The first-order valence-electron chi connectivity index (χ1n) is 3.98. The van der Waals surface area contributed by atoms with Gasteiger partial charge < -0.3 is 10.6 Å². The molecule has 3 heteroatoms. The average Bonchev–Trinajstić information content (AvgIpc) is 2.63. The van der Waals surface area contributed by atoms with E-state index in [1.165, 1.54) is 23.5 Å². The Morgan fingerprint density at radius 3 is 3.18 bits per heavy atom. The molecule has 2 aliphatic rings. The van der Waals surface area contributed by atoms with Crippen molar-refractivity contribution in [1.82, 2.24) is 0 Å². The minimum absolute atomic E-state index is 0.439. The molecule has 1 saturated carbocycles. The third-order valence-corrected chi connectivity index (χ3v) is 3.38. The fourth-order valence-electron chi connectivity index (χ4n) is 1.58. The molecule has 1 aromatic heterocycles. The molecule has 0 bridgehead atoms. The van der Waals surface area contributed by atoms with E-state index in [4.69, 9.17) is 0 Å². The second kappa shape index (κ2) is 1.72. The van der Waals surface area contributed by atoms with Crippen LogP contribution in [0.2, 0.25) is 0 Å². The van der Waals surface area contributed by atoms with Crippen LogP contribution in [-0.4, -0.2) is 12.1 Å². The number of hydrogen-bond donors (Lipinski definition) is 2. The van der Waals surface area contributed by atoms with Crippen LogP contribution in [0.4, 0.5) is 10.7 Å². The predicted molar refractivity (Wildman–Crippen MR) is 48.4 cm³/mol. The largest absolute Gasteiger partial charge is 0.375 e. The van der Waals surface area contributed by atoms with Gasteiger partial charge in [0, 0.05) is 6.54 Å². The average molecular weight is 166 g/mol. The van der Waals surface area contributed by atoms with Crippen LogP contribution in [0.5, 0.6) is 0 Å². The van der Waals surface area contributed by atoms with E-state index >= 15 is 0 Å². The topological polar surface area (TPSA) is 24.1 Å². The van der Waals surface area contributed by atoms with Gasteiger partial charge in [-0.1, -0.05) is 0 Å². The molecule has 0 radical (unpaired) electrons. The summed E-state index contributed by atoms with van der Waals surface area (Å²) in [6, 6.07) is 2.16. The lowest BCUT2D eigenvalue weighted by Gasteiger charge is -2.25. The van der Waals surface area contributed by atoms with Crippen molar-refractivity contribution in [3.05, 3.63) is 11.4 Å². The van der Waals surface area contributed by atoms with Crippen LogP contribution in [0, 0.1) is 0 Å². The van der Waals surface area contributed by atoms with Crippen molar-refractivity contribution in [3.8, 4) is 0 Å². The fraction of sp³-hybridized carbons (Fsp3) is 0.500. The molecule has 1 aromatic rings. The Labute approximate surface area is 69.6 Å². The smallest absolute Gasteiger partial charge is 0.112 e. The van der Waals surface area contributed by atoms with Crippen molar-refractivity contribution >= 4 is 22.0 Å². The van der Waals surface area contributed by atoms with Gasteiger partial charge in [0.25, 0.3) is 0 Å². The summed E-state index contributed by atoms with van der Waals surface area (Å²) in [7, 11) is 0. The number of nitrogens with one attached hydrogen (secondary N) is 2. The number of hydrogen-bond acceptors (Lipinski definition) is 3. The molecule has 3 rings (SSSR count). The van der Waals surface area contributed by atoms with Crippen molar-refractivity contribution in [2.45, 2.75) is 18.4 Å². The molecule has 1 aliphatic carbocycles. The number of anilines is 2. The molecular formula is C8H10N2S. The van der Waals surface area contributed by atoms with Crippen LogP contribution >= 0.6 is 11.3 Å². The van der Waals surface area contributed by atoms with Crippen molar-refractivity contribution < 1.29 is 0 Å². The fourth-order valence-corrected chi connectivity index (χ4v) is 2.32. The lowest BCUT2D eigenvalue weighted by molar-refractivity contribution is 0.759. The second-order valence-electron chi connectivity index (χ2n) is 3.42. The Balaban J connectivity index is 2.00. The minimum atomic E-state index is 0.439. The van der Waals surface area contributed by atoms with E-state index in [2.05, 4.69) is 22.1 Å².